The molecule has 0 aliphatic rings. The van der Waals surface area contributed by atoms with E-state index in [-0.39, 0.29) is 40.7 Å². The zero-order valence-electron chi connectivity index (χ0n) is 13.4. The molecule has 0 aromatic rings. The number of ether oxygens (including phenoxy) is 3. The molecular formula is C14H21NaO9S. The predicted molar refractivity (Wildman–Crippen MR) is 89.6 cm³/mol. The Balaban J connectivity index is 0. The molecule has 11 heteroatoms. The van der Waals surface area contributed by atoms with Gasteiger partial charge in [-0.2, -0.15) is 8.42 Å². The number of carbonyl (C=O) groups is 3. The second-order valence-electron chi connectivity index (χ2n) is 4.91. The molecule has 138 valence electrons. The van der Waals surface area contributed by atoms with Crippen molar-refractivity contribution in [3.63, 3.8) is 0 Å². The van der Waals surface area contributed by atoms with Gasteiger partial charge in [0.25, 0.3) is 10.1 Å². The normalized spacial score (nSPS) is 10.4. The molecule has 0 spiro atoms. The van der Waals surface area contributed by atoms with Crippen LogP contribution in [0.15, 0.2) is 24.3 Å². The van der Waals surface area contributed by atoms with Gasteiger partial charge in [-0.1, -0.05) is 13.2 Å². The summed E-state index contributed by atoms with van der Waals surface area (Å²) in [6.45, 7) is 8.03. The molecule has 0 heterocycles. The van der Waals surface area contributed by atoms with Crippen molar-refractivity contribution in [2.75, 3.05) is 25.6 Å². The number of esters is 3. The zero-order chi connectivity index (χ0) is 18.9. The topological polar surface area (TPSA) is 133 Å². The Bertz CT molecular complexity index is 594. The van der Waals surface area contributed by atoms with Crippen molar-refractivity contribution in [1.82, 2.24) is 0 Å². The fraction of sp³-hybridized carbons (Fsp3) is 0.500. The standard InChI is InChI=1S/C14H20O9S.Na.H/c1-9(2)12(15)22-7-11(8-23-13(16)10(3)4)14(17)21-5-6-24(18,19)20;;/h11H,1,3,5-8H2,2,4H3,(H,18,19,20);;. The van der Waals surface area contributed by atoms with Crippen LogP contribution in [0.2, 0.25) is 0 Å². The molecule has 0 bridgehead atoms. The van der Waals surface area contributed by atoms with Gasteiger partial charge in [-0.25, -0.2) is 9.59 Å². The fourth-order valence-corrected chi connectivity index (χ4v) is 1.44. The summed E-state index contributed by atoms with van der Waals surface area (Å²) in [7, 11) is -4.29. The molecule has 0 saturated heterocycles. The number of carbonyl (C=O) groups excluding carboxylic acids is 3. The molecule has 0 aliphatic heterocycles. The van der Waals surface area contributed by atoms with Gasteiger partial charge in [0, 0.05) is 11.1 Å². The summed E-state index contributed by atoms with van der Waals surface area (Å²) >= 11 is 0. The quantitative estimate of drug-likeness (QED) is 0.175. The van der Waals surface area contributed by atoms with Gasteiger partial charge in [0.05, 0.1) is 0 Å². The minimum atomic E-state index is -4.29. The molecule has 0 fully saturated rings. The SMILES string of the molecule is C=C(C)C(=O)OCC(COC(=O)C(=C)C)C(=O)OCCS(=O)(=O)O.[NaH]. The first-order valence-corrected chi connectivity index (χ1v) is 8.32. The van der Waals surface area contributed by atoms with E-state index in [1.165, 1.54) is 13.8 Å². The van der Waals surface area contributed by atoms with E-state index in [1.807, 2.05) is 0 Å². The van der Waals surface area contributed by atoms with Crippen molar-refractivity contribution in [1.29, 1.82) is 0 Å². The maximum atomic E-state index is 11.9. The van der Waals surface area contributed by atoms with Gasteiger partial charge in [0.15, 0.2) is 0 Å². The summed E-state index contributed by atoms with van der Waals surface area (Å²) in [5.74, 6) is -4.42. The summed E-state index contributed by atoms with van der Waals surface area (Å²) in [4.78, 5) is 34.6. The molecule has 0 aromatic heterocycles. The summed E-state index contributed by atoms with van der Waals surface area (Å²) < 4.78 is 44.0. The number of hydrogen-bond donors (Lipinski definition) is 1. The van der Waals surface area contributed by atoms with E-state index in [4.69, 9.17) is 14.0 Å². The van der Waals surface area contributed by atoms with Crippen LogP contribution in [0.1, 0.15) is 13.8 Å². The van der Waals surface area contributed by atoms with Crippen LogP contribution in [0, 0.1) is 5.92 Å². The Hall–Kier alpha value is -1.20. The van der Waals surface area contributed by atoms with Gasteiger partial charge in [-0.05, 0) is 13.8 Å². The maximum absolute atomic E-state index is 11.9. The van der Waals surface area contributed by atoms with Crippen LogP contribution in [0.25, 0.3) is 0 Å². The second-order valence-corrected chi connectivity index (χ2v) is 6.48. The first kappa shape index (κ1) is 26.0. The van der Waals surface area contributed by atoms with E-state index in [9.17, 15) is 22.8 Å². The fourth-order valence-electron chi connectivity index (χ4n) is 1.15. The van der Waals surface area contributed by atoms with Crippen molar-refractivity contribution in [3.8, 4) is 0 Å². The Morgan fingerprint density at radius 3 is 1.68 bits per heavy atom. The van der Waals surface area contributed by atoms with Gasteiger partial charge >= 0.3 is 47.5 Å². The Morgan fingerprint density at radius 1 is 0.960 bits per heavy atom. The minimum absolute atomic E-state index is 0. The van der Waals surface area contributed by atoms with Gasteiger partial charge in [-0.3, -0.25) is 9.35 Å². The molecule has 0 rings (SSSR count). The van der Waals surface area contributed by atoms with Crippen LogP contribution in [-0.4, -0.2) is 86.0 Å². The van der Waals surface area contributed by atoms with Crippen LogP contribution in [0.5, 0.6) is 0 Å². The van der Waals surface area contributed by atoms with E-state index < -0.39 is 59.5 Å². The van der Waals surface area contributed by atoms with Crippen LogP contribution in [0.4, 0.5) is 0 Å². The van der Waals surface area contributed by atoms with Crippen LogP contribution in [0.3, 0.4) is 0 Å². The zero-order valence-corrected chi connectivity index (χ0v) is 14.3. The molecule has 25 heavy (non-hydrogen) atoms. The third-order valence-electron chi connectivity index (χ3n) is 2.45. The molecule has 0 unspecified atom stereocenters. The monoisotopic (exact) mass is 388 g/mol. The third kappa shape index (κ3) is 12.8. The molecule has 9 nitrogen and oxygen atoms in total. The van der Waals surface area contributed by atoms with Crippen LogP contribution < -0.4 is 0 Å². The van der Waals surface area contributed by atoms with Crippen LogP contribution in [-0.2, 0) is 38.7 Å². The van der Waals surface area contributed by atoms with Gasteiger partial charge in [0.2, 0.25) is 0 Å². The Morgan fingerprint density at radius 2 is 1.36 bits per heavy atom. The predicted octanol–water partition coefficient (Wildman–Crippen LogP) is -0.376. The van der Waals surface area contributed by atoms with Gasteiger partial charge in [0.1, 0.15) is 31.5 Å². The van der Waals surface area contributed by atoms with E-state index in [0.29, 0.717) is 0 Å². The average molecular weight is 388 g/mol. The van der Waals surface area contributed by atoms with Crippen molar-refractivity contribution in [3.05, 3.63) is 24.3 Å². The van der Waals surface area contributed by atoms with Crippen molar-refractivity contribution in [2.45, 2.75) is 13.8 Å². The summed E-state index contributed by atoms with van der Waals surface area (Å²) in [6, 6.07) is 0. The molecule has 0 saturated carbocycles. The summed E-state index contributed by atoms with van der Waals surface area (Å²) in [5.41, 5.74) is 0.208. The van der Waals surface area contributed by atoms with Crippen molar-refractivity contribution >= 4 is 57.6 Å². The van der Waals surface area contributed by atoms with E-state index >= 15 is 0 Å². The molecule has 0 aliphatic carbocycles. The van der Waals surface area contributed by atoms with Gasteiger partial charge < -0.3 is 14.2 Å². The molecule has 1 N–H and O–H groups in total. The third-order valence-corrected chi connectivity index (χ3v) is 3.13. The number of rotatable bonds is 10. The van der Waals surface area contributed by atoms with Gasteiger partial charge in [-0.15, -0.1) is 0 Å². The van der Waals surface area contributed by atoms with Crippen LogP contribution >= 0.6 is 0 Å². The molecule has 0 aromatic carbocycles. The Labute approximate surface area is 168 Å². The van der Waals surface area contributed by atoms with E-state index in [1.54, 1.807) is 0 Å². The molecular weight excluding hydrogens is 367 g/mol. The van der Waals surface area contributed by atoms with E-state index in [2.05, 4.69) is 17.9 Å². The average Bonchev–Trinajstić information content (AvgIpc) is 2.44. The second kappa shape index (κ2) is 12.2. The van der Waals surface area contributed by atoms with Crippen molar-refractivity contribution in [2.24, 2.45) is 5.92 Å². The summed E-state index contributed by atoms with van der Waals surface area (Å²) in [6.07, 6.45) is 0. The summed E-state index contributed by atoms with van der Waals surface area (Å²) in [5, 5.41) is 0. The number of hydrogen-bond acceptors (Lipinski definition) is 8. The first-order chi connectivity index (χ1) is 10.9. The first-order valence-electron chi connectivity index (χ1n) is 6.71. The van der Waals surface area contributed by atoms with E-state index in [0.717, 1.165) is 0 Å². The Kier molecular flexibility index (Phi) is 12.7. The van der Waals surface area contributed by atoms with Crippen molar-refractivity contribution < 1.29 is 41.6 Å². The molecule has 0 amide bonds. The molecule has 0 atom stereocenters. The molecule has 0 radical (unpaired) electrons.